The van der Waals surface area contributed by atoms with Crippen molar-refractivity contribution in [1.82, 2.24) is 20.4 Å². The van der Waals surface area contributed by atoms with Gasteiger partial charge in [-0.2, -0.15) is 5.10 Å². The SMILES string of the molecule is CO[C@H]1[C@H](NC(=O)C(C)C)c2ccccc2C12CCN(Cc1cc(CC(C)C)n[nH]1)CC2. The first-order valence-corrected chi connectivity index (χ1v) is 12.0. The van der Waals surface area contributed by atoms with E-state index in [-0.39, 0.29) is 29.4 Å². The van der Waals surface area contributed by atoms with Crippen LogP contribution in [0.5, 0.6) is 0 Å². The summed E-state index contributed by atoms with van der Waals surface area (Å²) < 4.78 is 6.12. The third-order valence-electron chi connectivity index (χ3n) is 7.20. The lowest BCUT2D eigenvalue weighted by molar-refractivity contribution is -0.126. The Hall–Kier alpha value is -2.18. The van der Waals surface area contributed by atoms with Crippen molar-refractivity contribution >= 4 is 5.91 Å². The number of likely N-dealkylation sites (tertiary alicyclic amines) is 1. The Balaban J connectivity index is 1.50. The van der Waals surface area contributed by atoms with E-state index < -0.39 is 0 Å². The summed E-state index contributed by atoms with van der Waals surface area (Å²) in [4.78, 5) is 15.1. The summed E-state index contributed by atoms with van der Waals surface area (Å²) >= 11 is 0. The Morgan fingerprint density at radius 1 is 1.25 bits per heavy atom. The Morgan fingerprint density at radius 2 is 1.97 bits per heavy atom. The lowest BCUT2D eigenvalue weighted by Gasteiger charge is -2.44. The molecule has 2 heterocycles. The Morgan fingerprint density at radius 3 is 2.62 bits per heavy atom. The van der Waals surface area contributed by atoms with Crippen LogP contribution in [0.4, 0.5) is 0 Å². The van der Waals surface area contributed by atoms with Crippen LogP contribution in [0.25, 0.3) is 0 Å². The minimum atomic E-state index is -0.0937. The maximum atomic E-state index is 12.6. The number of aromatic amines is 1. The molecule has 2 N–H and O–H groups in total. The number of carbonyl (C=O) groups excluding carboxylic acids is 1. The van der Waals surface area contributed by atoms with Gasteiger partial charge in [0.1, 0.15) is 0 Å². The van der Waals surface area contributed by atoms with E-state index in [9.17, 15) is 4.79 Å². The average molecular weight is 439 g/mol. The van der Waals surface area contributed by atoms with E-state index in [0.29, 0.717) is 5.92 Å². The highest BCUT2D eigenvalue weighted by molar-refractivity contribution is 5.78. The standard InChI is InChI=1S/C26H38N4O2/c1-17(2)14-19-15-20(29-28-19)16-30-12-10-26(11-13-30)22-9-7-6-8-21(22)23(24(26)32-5)27-25(31)18(3)4/h6-9,15,17-18,23-24H,10-14,16H2,1-5H3,(H,27,31)(H,28,29)/t23-,24+/m1/s1. The zero-order valence-electron chi connectivity index (χ0n) is 20.1. The van der Waals surface area contributed by atoms with Gasteiger partial charge in [0, 0.05) is 30.7 Å². The van der Waals surface area contributed by atoms with Gasteiger partial charge < -0.3 is 10.1 Å². The molecule has 0 bridgehead atoms. The first kappa shape index (κ1) is 23.0. The van der Waals surface area contributed by atoms with Gasteiger partial charge >= 0.3 is 0 Å². The summed E-state index contributed by atoms with van der Waals surface area (Å²) in [6.07, 6.45) is 3.00. The number of hydrogen-bond acceptors (Lipinski definition) is 4. The van der Waals surface area contributed by atoms with Gasteiger partial charge in [0.2, 0.25) is 5.91 Å². The summed E-state index contributed by atoms with van der Waals surface area (Å²) in [5, 5.41) is 11.0. The first-order chi connectivity index (χ1) is 15.3. The number of aromatic nitrogens is 2. The van der Waals surface area contributed by atoms with Gasteiger partial charge in [-0.15, -0.1) is 0 Å². The number of ether oxygens (including phenoxy) is 1. The van der Waals surface area contributed by atoms with Crippen LogP contribution in [0.3, 0.4) is 0 Å². The number of amides is 1. The zero-order valence-corrected chi connectivity index (χ0v) is 20.1. The lowest BCUT2D eigenvalue weighted by Crippen LogP contribution is -2.50. The van der Waals surface area contributed by atoms with Crippen LogP contribution < -0.4 is 5.32 Å². The van der Waals surface area contributed by atoms with Crippen LogP contribution in [0.2, 0.25) is 0 Å². The van der Waals surface area contributed by atoms with Gasteiger partial charge in [-0.05, 0) is 55.5 Å². The molecule has 6 heteroatoms. The minimum Gasteiger partial charge on any atom is -0.378 e. The molecule has 2 aliphatic rings. The van der Waals surface area contributed by atoms with Gasteiger partial charge in [0.05, 0.1) is 17.8 Å². The predicted molar refractivity (Wildman–Crippen MR) is 126 cm³/mol. The molecule has 0 saturated carbocycles. The summed E-state index contributed by atoms with van der Waals surface area (Å²) in [5.74, 6) is 0.643. The molecule has 0 unspecified atom stereocenters. The average Bonchev–Trinajstić information content (AvgIpc) is 3.30. The number of carbonyl (C=O) groups is 1. The topological polar surface area (TPSA) is 70.2 Å². The first-order valence-electron chi connectivity index (χ1n) is 12.0. The summed E-state index contributed by atoms with van der Waals surface area (Å²) in [5.41, 5.74) is 4.84. The molecular formula is C26H38N4O2. The molecule has 0 radical (unpaired) electrons. The normalized spacial score (nSPS) is 22.6. The molecule has 2 aromatic rings. The van der Waals surface area contributed by atoms with Gasteiger partial charge in [-0.3, -0.25) is 14.8 Å². The maximum absolute atomic E-state index is 12.6. The highest BCUT2D eigenvalue weighted by Crippen LogP contribution is 2.52. The molecular weight excluding hydrogens is 400 g/mol. The predicted octanol–water partition coefficient (Wildman–Crippen LogP) is 3.98. The maximum Gasteiger partial charge on any atom is 0.223 e. The molecule has 32 heavy (non-hydrogen) atoms. The third-order valence-corrected chi connectivity index (χ3v) is 7.20. The highest BCUT2D eigenvalue weighted by Gasteiger charge is 2.54. The van der Waals surface area contributed by atoms with Crippen molar-refractivity contribution in [3.05, 3.63) is 52.8 Å². The van der Waals surface area contributed by atoms with E-state index in [1.807, 2.05) is 13.8 Å². The second kappa shape index (κ2) is 9.36. The fourth-order valence-electron chi connectivity index (χ4n) is 5.61. The van der Waals surface area contributed by atoms with Crippen LogP contribution in [0, 0.1) is 11.8 Å². The number of hydrogen-bond donors (Lipinski definition) is 2. The smallest absolute Gasteiger partial charge is 0.223 e. The Labute approximate surface area is 192 Å². The summed E-state index contributed by atoms with van der Waals surface area (Å²) in [6.45, 7) is 11.2. The minimum absolute atomic E-state index is 0.0467. The van der Waals surface area contributed by atoms with Gasteiger partial charge in [0.25, 0.3) is 0 Å². The van der Waals surface area contributed by atoms with Crippen molar-refractivity contribution in [2.75, 3.05) is 20.2 Å². The second-order valence-electron chi connectivity index (χ2n) is 10.3. The number of benzene rings is 1. The van der Waals surface area contributed by atoms with Crippen LogP contribution >= 0.6 is 0 Å². The number of nitrogens with zero attached hydrogens (tertiary/aromatic N) is 2. The quantitative estimate of drug-likeness (QED) is 0.686. The van der Waals surface area contributed by atoms with E-state index in [0.717, 1.165) is 44.6 Å². The molecule has 4 rings (SSSR count). The molecule has 1 aliphatic heterocycles. The fraction of sp³-hybridized carbons (Fsp3) is 0.615. The molecule has 1 spiro atoms. The van der Waals surface area contributed by atoms with Crippen molar-refractivity contribution in [3.63, 3.8) is 0 Å². The number of fused-ring (bicyclic) bond motifs is 2. The molecule has 1 fully saturated rings. The summed E-state index contributed by atoms with van der Waals surface area (Å²) in [7, 11) is 1.79. The van der Waals surface area contributed by atoms with E-state index in [1.165, 1.54) is 16.8 Å². The van der Waals surface area contributed by atoms with Gasteiger partial charge in [0.15, 0.2) is 0 Å². The molecule has 6 nitrogen and oxygen atoms in total. The molecule has 1 aromatic heterocycles. The van der Waals surface area contributed by atoms with Gasteiger partial charge in [-0.1, -0.05) is 52.0 Å². The van der Waals surface area contributed by atoms with Crippen LogP contribution in [-0.2, 0) is 27.9 Å². The molecule has 174 valence electrons. The molecule has 2 atom stereocenters. The summed E-state index contributed by atoms with van der Waals surface area (Å²) in [6, 6.07) is 10.7. The number of methoxy groups -OCH3 is 1. The zero-order chi connectivity index (χ0) is 22.9. The van der Waals surface area contributed by atoms with E-state index >= 15 is 0 Å². The number of nitrogens with one attached hydrogen (secondary N) is 2. The Kier molecular flexibility index (Phi) is 6.72. The lowest BCUT2D eigenvalue weighted by atomic mass is 9.72. The molecule has 1 amide bonds. The van der Waals surface area contributed by atoms with Crippen molar-refractivity contribution < 1.29 is 9.53 Å². The second-order valence-corrected chi connectivity index (χ2v) is 10.3. The van der Waals surface area contributed by atoms with Crippen LogP contribution in [0.1, 0.15) is 69.1 Å². The van der Waals surface area contributed by atoms with Gasteiger partial charge in [-0.25, -0.2) is 0 Å². The van der Waals surface area contributed by atoms with Crippen molar-refractivity contribution in [2.45, 2.75) is 71.1 Å². The largest absolute Gasteiger partial charge is 0.378 e. The van der Waals surface area contributed by atoms with E-state index in [1.54, 1.807) is 7.11 Å². The number of piperidine rings is 1. The molecule has 1 aromatic carbocycles. The van der Waals surface area contributed by atoms with Crippen molar-refractivity contribution in [2.24, 2.45) is 11.8 Å². The van der Waals surface area contributed by atoms with E-state index in [2.05, 4.69) is 64.6 Å². The number of rotatable bonds is 7. The Bertz CT molecular complexity index is 927. The van der Waals surface area contributed by atoms with Crippen molar-refractivity contribution in [3.8, 4) is 0 Å². The van der Waals surface area contributed by atoms with Crippen LogP contribution in [-0.4, -0.2) is 47.3 Å². The number of H-pyrrole nitrogens is 1. The third kappa shape index (κ3) is 4.35. The fourth-order valence-corrected chi connectivity index (χ4v) is 5.61. The molecule has 1 saturated heterocycles. The monoisotopic (exact) mass is 438 g/mol. The van der Waals surface area contributed by atoms with E-state index in [4.69, 9.17) is 4.74 Å². The van der Waals surface area contributed by atoms with Crippen LogP contribution in [0.15, 0.2) is 30.3 Å². The molecule has 1 aliphatic carbocycles. The highest BCUT2D eigenvalue weighted by atomic mass is 16.5. The van der Waals surface area contributed by atoms with Crippen molar-refractivity contribution in [1.29, 1.82) is 0 Å².